The molecule has 0 aliphatic heterocycles. The summed E-state index contributed by atoms with van der Waals surface area (Å²) in [6, 6.07) is 15.4. The molecule has 5 nitrogen and oxygen atoms in total. The second-order valence-corrected chi connectivity index (χ2v) is 6.37. The molecular formula is C19H18ClN5. The monoisotopic (exact) mass is 351 g/mol. The lowest BCUT2D eigenvalue weighted by molar-refractivity contribution is 0.763. The van der Waals surface area contributed by atoms with Gasteiger partial charge < -0.3 is 5.32 Å². The topological polar surface area (TPSA) is 66.5 Å². The summed E-state index contributed by atoms with van der Waals surface area (Å²) >= 11 is 5.93. The Morgan fingerprint density at radius 2 is 1.96 bits per heavy atom. The van der Waals surface area contributed by atoms with Crippen molar-refractivity contribution in [2.75, 3.05) is 5.32 Å². The molecule has 0 spiro atoms. The Bertz CT molecular complexity index is 909. The van der Waals surface area contributed by atoms with Crippen molar-refractivity contribution >= 4 is 17.4 Å². The van der Waals surface area contributed by atoms with Crippen molar-refractivity contribution in [3.05, 3.63) is 70.6 Å². The van der Waals surface area contributed by atoms with E-state index in [1.807, 2.05) is 47.3 Å². The average molecular weight is 352 g/mol. The first-order valence-corrected chi connectivity index (χ1v) is 8.40. The van der Waals surface area contributed by atoms with Crippen LogP contribution in [0.15, 0.2) is 48.7 Å². The van der Waals surface area contributed by atoms with Gasteiger partial charge in [-0.2, -0.15) is 10.4 Å². The zero-order chi connectivity index (χ0) is 17.8. The van der Waals surface area contributed by atoms with E-state index in [0.29, 0.717) is 23.3 Å². The van der Waals surface area contributed by atoms with Gasteiger partial charge in [0.15, 0.2) is 5.69 Å². The molecule has 3 aromatic rings. The number of anilines is 1. The number of pyridine rings is 1. The van der Waals surface area contributed by atoms with Gasteiger partial charge in [0.05, 0.1) is 16.4 Å². The van der Waals surface area contributed by atoms with Crippen LogP contribution in [0.5, 0.6) is 0 Å². The molecule has 0 bridgehead atoms. The van der Waals surface area contributed by atoms with E-state index in [2.05, 4.69) is 24.1 Å². The van der Waals surface area contributed by atoms with Gasteiger partial charge in [-0.05, 0) is 30.2 Å². The predicted molar refractivity (Wildman–Crippen MR) is 98.9 cm³/mol. The van der Waals surface area contributed by atoms with Crippen molar-refractivity contribution in [2.45, 2.75) is 26.3 Å². The second kappa shape index (κ2) is 7.37. The smallest absolute Gasteiger partial charge is 0.161 e. The minimum absolute atomic E-state index is 0.218. The Kier molecular flexibility index (Phi) is 5.01. The summed E-state index contributed by atoms with van der Waals surface area (Å²) in [5, 5.41) is 17.4. The van der Waals surface area contributed by atoms with E-state index in [1.165, 1.54) is 0 Å². The van der Waals surface area contributed by atoms with Crippen molar-refractivity contribution < 1.29 is 0 Å². The molecule has 2 aromatic heterocycles. The Morgan fingerprint density at radius 1 is 1.20 bits per heavy atom. The van der Waals surface area contributed by atoms with Gasteiger partial charge in [0.25, 0.3) is 0 Å². The fourth-order valence-corrected chi connectivity index (χ4v) is 2.71. The maximum absolute atomic E-state index is 9.04. The van der Waals surface area contributed by atoms with Crippen molar-refractivity contribution in [3.63, 3.8) is 0 Å². The summed E-state index contributed by atoms with van der Waals surface area (Å²) in [6.07, 6.45) is 2.03. The zero-order valence-electron chi connectivity index (χ0n) is 14.1. The highest BCUT2D eigenvalue weighted by Crippen LogP contribution is 2.22. The number of benzene rings is 1. The third-order valence-corrected chi connectivity index (χ3v) is 4.11. The van der Waals surface area contributed by atoms with Crippen LogP contribution < -0.4 is 5.32 Å². The fourth-order valence-electron chi connectivity index (χ4n) is 2.56. The lowest BCUT2D eigenvalue weighted by Crippen LogP contribution is -2.04. The minimum atomic E-state index is 0.218. The van der Waals surface area contributed by atoms with Gasteiger partial charge in [0.2, 0.25) is 0 Å². The molecule has 0 atom stereocenters. The summed E-state index contributed by atoms with van der Waals surface area (Å²) in [5.74, 6) is 0.915. The quantitative estimate of drug-likeness (QED) is 0.733. The highest BCUT2D eigenvalue weighted by molar-refractivity contribution is 6.31. The average Bonchev–Trinajstić information content (AvgIpc) is 3.06. The highest BCUT2D eigenvalue weighted by Gasteiger charge is 2.13. The molecule has 0 fully saturated rings. The Balaban J connectivity index is 1.85. The maximum Gasteiger partial charge on any atom is 0.161 e. The van der Waals surface area contributed by atoms with E-state index in [1.54, 1.807) is 12.1 Å². The van der Waals surface area contributed by atoms with E-state index in [0.717, 1.165) is 16.9 Å². The Morgan fingerprint density at radius 3 is 2.64 bits per heavy atom. The molecule has 0 saturated carbocycles. The van der Waals surface area contributed by atoms with Gasteiger partial charge in [0, 0.05) is 18.3 Å². The SMILES string of the molecule is CC(C)c1nn(-c2ccccc2)cc1CNc1ccc(Cl)c(C#N)n1. The molecular weight excluding hydrogens is 334 g/mol. The Hall–Kier alpha value is -2.84. The molecule has 6 heteroatoms. The van der Waals surface area contributed by atoms with E-state index in [9.17, 15) is 0 Å². The van der Waals surface area contributed by atoms with Crippen LogP contribution in [0, 0.1) is 11.3 Å². The minimum Gasteiger partial charge on any atom is -0.366 e. The van der Waals surface area contributed by atoms with Gasteiger partial charge in [-0.15, -0.1) is 0 Å². The van der Waals surface area contributed by atoms with Gasteiger partial charge in [-0.3, -0.25) is 0 Å². The summed E-state index contributed by atoms with van der Waals surface area (Å²) in [5.41, 5.74) is 3.36. The molecule has 1 aromatic carbocycles. The van der Waals surface area contributed by atoms with Gasteiger partial charge >= 0.3 is 0 Å². The van der Waals surface area contributed by atoms with Crippen molar-refractivity contribution in [1.82, 2.24) is 14.8 Å². The van der Waals surface area contributed by atoms with Crippen LogP contribution in [0.4, 0.5) is 5.82 Å². The largest absolute Gasteiger partial charge is 0.366 e. The third kappa shape index (κ3) is 3.81. The first-order valence-electron chi connectivity index (χ1n) is 8.03. The molecule has 0 amide bonds. The lowest BCUT2D eigenvalue weighted by Gasteiger charge is -2.08. The molecule has 0 radical (unpaired) electrons. The first-order chi connectivity index (χ1) is 12.1. The number of rotatable bonds is 5. The van der Waals surface area contributed by atoms with Gasteiger partial charge in [-0.25, -0.2) is 9.67 Å². The Labute approximate surface area is 151 Å². The van der Waals surface area contributed by atoms with Crippen molar-refractivity contribution in [2.24, 2.45) is 0 Å². The molecule has 25 heavy (non-hydrogen) atoms. The van der Waals surface area contributed by atoms with Crippen molar-refractivity contribution in [3.8, 4) is 11.8 Å². The number of nitrogens with one attached hydrogen (secondary N) is 1. The number of aromatic nitrogens is 3. The molecule has 2 heterocycles. The molecule has 0 unspecified atom stereocenters. The molecule has 0 aliphatic carbocycles. The number of hydrogen-bond donors (Lipinski definition) is 1. The predicted octanol–water partition coefficient (Wildman–Crippen LogP) is 4.53. The summed E-state index contributed by atoms with van der Waals surface area (Å²) < 4.78 is 1.89. The van der Waals surface area contributed by atoms with Crippen LogP contribution in [-0.4, -0.2) is 14.8 Å². The van der Waals surface area contributed by atoms with Crippen LogP contribution in [0.2, 0.25) is 5.02 Å². The number of para-hydroxylation sites is 1. The summed E-state index contributed by atoms with van der Waals surface area (Å²) in [4.78, 5) is 4.21. The second-order valence-electron chi connectivity index (χ2n) is 5.97. The van der Waals surface area contributed by atoms with E-state index >= 15 is 0 Å². The molecule has 1 N–H and O–H groups in total. The molecule has 0 saturated heterocycles. The molecule has 3 rings (SSSR count). The van der Waals surface area contributed by atoms with E-state index in [4.69, 9.17) is 22.0 Å². The lowest BCUT2D eigenvalue weighted by atomic mass is 10.1. The summed E-state index contributed by atoms with van der Waals surface area (Å²) in [7, 11) is 0. The van der Waals surface area contributed by atoms with Crippen LogP contribution in [-0.2, 0) is 6.54 Å². The number of nitrogens with zero attached hydrogens (tertiary/aromatic N) is 4. The first kappa shape index (κ1) is 17.0. The van der Waals surface area contributed by atoms with E-state index in [-0.39, 0.29) is 5.69 Å². The van der Waals surface area contributed by atoms with Crippen LogP contribution in [0.25, 0.3) is 5.69 Å². The maximum atomic E-state index is 9.04. The number of hydrogen-bond acceptors (Lipinski definition) is 4. The molecule has 126 valence electrons. The number of halogens is 1. The normalized spacial score (nSPS) is 10.7. The van der Waals surface area contributed by atoms with Crippen LogP contribution in [0.1, 0.15) is 36.7 Å². The van der Waals surface area contributed by atoms with Gasteiger partial charge in [0.1, 0.15) is 11.9 Å². The standard InChI is InChI=1S/C19H18ClN5/c1-13(2)19-14(12-25(24-19)15-6-4-3-5-7-15)11-22-18-9-8-16(20)17(10-21)23-18/h3-9,12-13H,11H2,1-2H3,(H,22,23). The third-order valence-electron chi connectivity index (χ3n) is 3.80. The van der Waals surface area contributed by atoms with Crippen molar-refractivity contribution in [1.29, 1.82) is 5.26 Å². The van der Waals surface area contributed by atoms with Crippen LogP contribution >= 0.6 is 11.6 Å². The number of nitriles is 1. The van der Waals surface area contributed by atoms with Gasteiger partial charge in [-0.1, -0.05) is 43.6 Å². The summed E-state index contributed by atoms with van der Waals surface area (Å²) in [6.45, 7) is 4.81. The highest BCUT2D eigenvalue weighted by atomic mass is 35.5. The molecule has 0 aliphatic rings. The van der Waals surface area contributed by atoms with Crippen LogP contribution in [0.3, 0.4) is 0 Å². The fraction of sp³-hybridized carbons (Fsp3) is 0.211. The van der Waals surface area contributed by atoms with E-state index < -0.39 is 0 Å². The zero-order valence-corrected chi connectivity index (χ0v) is 14.8.